The summed E-state index contributed by atoms with van der Waals surface area (Å²) in [6, 6.07) is -0.482. The van der Waals surface area contributed by atoms with Gasteiger partial charge in [-0.15, -0.1) is 0 Å². The minimum Gasteiger partial charge on any atom is -0.478 e. The molecule has 1 heterocycles. The van der Waals surface area contributed by atoms with E-state index in [0.29, 0.717) is 6.54 Å². The SMILES string of the molecule is CCCCCCCC1=[N+](CCO)CCN1C(C)C(=O)O. The van der Waals surface area contributed by atoms with Crippen LogP contribution < -0.4 is 0 Å². The predicted octanol–water partition coefficient (Wildman–Crippen LogP) is 1.54. The number of hydrogen-bond acceptors (Lipinski definition) is 3. The summed E-state index contributed by atoms with van der Waals surface area (Å²) in [4.78, 5) is 13.2. The summed E-state index contributed by atoms with van der Waals surface area (Å²) in [7, 11) is 0. The lowest BCUT2D eigenvalue weighted by molar-refractivity contribution is -0.521. The van der Waals surface area contributed by atoms with Gasteiger partial charge in [0.2, 0.25) is 5.84 Å². The average molecular weight is 285 g/mol. The van der Waals surface area contributed by atoms with E-state index in [2.05, 4.69) is 11.5 Å². The highest BCUT2D eigenvalue weighted by molar-refractivity contribution is 5.84. The molecule has 0 aromatic rings. The maximum absolute atomic E-state index is 11.2. The maximum atomic E-state index is 11.2. The Kier molecular flexibility index (Phi) is 7.59. The molecule has 0 bridgehead atoms. The highest BCUT2D eigenvalue weighted by Crippen LogP contribution is 2.14. The Labute approximate surface area is 121 Å². The summed E-state index contributed by atoms with van der Waals surface area (Å²) in [6.45, 7) is 6.23. The van der Waals surface area contributed by atoms with Crippen molar-refractivity contribution in [2.24, 2.45) is 0 Å². The molecule has 0 radical (unpaired) electrons. The standard InChI is InChI=1S/C15H28N2O3/c1-3-4-5-6-7-8-14-16(11-12-18)9-10-17(14)13(2)15(19)20/h13,18H,3-12H2,1-2H3/p+1. The van der Waals surface area contributed by atoms with Crippen molar-refractivity contribution in [2.75, 3.05) is 26.2 Å². The number of aliphatic hydroxyl groups excluding tert-OH is 1. The van der Waals surface area contributed by atoms with E-state index in [-0.39, 0.29) is 6.61 Å². The summed E-state index contributed by atoms with van der Waals surface area (Å²) >= 11 is 0. The van der Waals surface area contributed by atoms with Gasteiger partial charge in [-0.05, 0) is 13.3 Å². The molecule has 0 aliphatic carbocycles. The number of rotatable bonds is 10. The molecule has 0 saturated carbocycles. The Hall–Kier alpha value is -1.10. The van der Waals surface area contributed by atoms with Crippen molar-refractivity contribution in [3.8, 4) is 0 Å². The molecule has 116 valence electrons. The third-order valence-corrected chi connectivity index (χ3v) is 4.01. The van der Waals surface area contributed by atoms with Gasteiger partial charge >= 0.3 is 5.97 Å². The summed E-state index contributed by atoms with van der Waals surface area (Å²) in [5.41, 5.74) is 0. The molecule has 0 amide bonds. The number of carboxylic acids is 1. The first-order valence-electron chi connectivity index (χ1n) is 7.82. The van der Waals surface area contributed by atoms with E-state index in [9.17, 15) is 9.90 Å². The number of aliphatic carboxylic acids is 1. The van der Waals surface area contributed by atoms with E-state index in [1.165, 1.54) is 25.7 Å². The Morgan fingerprint density at radius 2 is 2.05 bits per heavy atom. The van der Waals surface area contributed by atoms with Crippen LogP contribution in [0.15, 0.2) is 0 Å². The molecule has 0 saturated heterocycles. The smallest absolute Gasteiger partial charge is 0.348 e. The molecule has 5 nitrogen and oxygen atoms in total. The van der Waals surface area contributed by atoms with Crippen LogP contribution in [0.3, 0.4) is 0 Å². The van der Waals surface area contributed by atoms with Crippen LogP contribution in [0.4, 0.5) is 0 Å². The van der Waals surface area contributed by atoms with Crippen LogP contribution in [-0.2, 0) is 4.79 Å². The lowest BCUT2D eigenvalue weighted by Crippen LogP contribution is -2.42. The van der Waals surface area contributed by atoms with Crippen LogP contribution in [0, 0.1) is 0 Å². The molecular weight excluding hydrogens is 256 g/mol. The Morgan fingerprint density at radius 3 is 2.65 bits per heavy atom. The minimum absolute atomic E-state index is 0.120. The second-order valence-corrected chi connectivity index (χ2v) is 5.50. The van der Waals surface area contributed by atoms with Crippen LogP contribution in [0.1, 0.15) is 52.4 Å². The summed E-state index contributed by atoms with van der Waals surface area (Å²) in [6.07, 6.45) is 6.96. The van der Waals surface area contributed by atoms with Gasteiger partial charge in [-0.2, -0.15) is 0 Å². The Morgan fingerprint density at radius 1 is 1.35 bits per heavy atom. The van der Waals surface area contributed by atoms with E-state index in [4.69, 9.17) is 5.11 Å². The van der Waals surface area contributed by atoms with Gasteiger partial charge in [0, 0.05) is 6.42 Å². The minimum atomic E-state index is -0.778. The average Bonchev–Trinajstić information content (AvgIpc) is 2.81. The molecule has 1 aliphatic rings. The lowest BCUT2D eigenvalue weighted by Gasteiger charge is -2.17. The highest BCUT2D eigenvalue weighted by Gasteiger charge is 2.36. The Bertz CT molecular complexity index is 342. The summed E-state index contributed by atoms with van der Waals surface area (Å²) in [5.74, 6) is 0.324. The van der Waals surface area contributed by atoms with E-state index in [1.807, 2.05) is 4.90 Å². The molecular formula is C15H29N2O3+. The Balaban J connectivity index is 2.60. The van der Waals surface area contributed by atoms with Crippen molar-refractivity contribution < 1.29 is 19.6 Å². The van der Waals surface area contributed by atoms with Gasteiger partial charge in [0.05, 0.1) is 6.61 Å². The lowest BCUT2D eigenvalue weighted by atomic mass is 10.1. The predicted molar refractivity (Wildman–Crippen MR) is 79.3 cm³/mol. The molecule has 1 aliphatic heterocycles. The number of aliphatic hydroxyl groups is 1. The van der Waals surface area contributed by atoms with Crippen molar-refractivity contribution in [3.05, 3.63) is 0 Å². The van der Waals surface area contributed by atoms with Crippen molar-refractivity contribution in [2.45, 2.75) is 58.4 Å². The molecule has 0 spiro atoms. The van der Waals surface area contributed by atoms with Crippen LogP contribution >= 0.6 is 0 Å². The number of carbonyl (C=O) groups is 1. The fraction of sp³-hybridized carbons (Fsp3) is 0.867. The molecule has 0 aromatic heterocycles. The van der Waals surface area contributed by atoms with E-state index in [1.54, 1.807) is 6.92 Å². The number of hydrogen-bond donors (Lipinski definition) is 2. The zero-order valence-electron chi connectivity index (χ0n) is 12.8. The van der Waals surface area contributed by atoms with Crippen LogP contribution in [0.5, 0.6) is 0 Å². The van der Waals surface area contributed by atoms with Crippen molar-refractivity contribution in [1.29, 1.82) is 0 Å². The molecule has 2 N–H and O–H groups in total. The van der Waals surface area contributed by atoms with Gasteiger partial charge in [-0.25, -0.2) is 9.69 Å². The molecule has 5 heteroatoms. The molecule has 0 fully saturated rings. The van der Waals surface area contributed by atoms with Gasteiger partial charge < -0.3 is 10.2 Å². The first-order valence-corrected chi connectivity index (χ1v) is 7.82. The van der Waals surface area contributed by atoms with Crippen LogP contribution in [0.2, 0.25) is 0 Å². The topological polar surface area (TPSA) is 63.8 Å². The molecule has 1 atom stereocenters. The highest BCUT2D eigenvalue weighted by atomic mass is 16.4. The van der Waals surface area contributed by atoms with Crippen molar-refractivity contribution in [3.63, 3.8) is 0 Å². The zero-order chi connectivity index (χ0) is 15.0. The van der Waals surface area contributed by atoms with E-state index in [0.717, 1.165) is 31.8 Å². The molecule has 20 heavy (non-hydrogen) atoms. The largest absolute Gasteiger partial charge is 0.478 e. The van der Waals surface area contributed by atoms with Crippen molar-refractivity contribution in [1.82, 2.24) is 4.90 Å². The molecule has 1 unspecified atom stereocenters. The monoisotopic (exact) mass is 285 g/mol. The van der Waals surface area contributed by atoms with E-state index < -0.39 is 12.0 Å². The fourth-order valence-electron chi connectivity index (χ4n) is 2.77. The number of unbranched alkanes of at least 4 members (excludes halogenated alkanes) is 4. The maximum Gasteiger partial charge on any atom is 0.348 e. The fourth-order valence-corrected chi connectivity index (χ4v) is 2.77. The normalized spacial score (nSPS) is 16.9. The van der Waals surface area contributed by atoms with Gasteiger partial charge in [-0.3, -0.25) is 4.58 Å². The van der Waals surface area contributed by atoms with Gasteiger partial charge in [-0.1, -0.05) is 32.6 Å². The van der Waals surface area contributed by atoms with Crippen molar-refractivity contribution >= 4 is 11.8 Å². The number of amidine groups is 1. The molecule has 1 rings (SSSR count). The van der Waals surface area contributed by atoms with Gasteiger partial charge in [0.1, 0.15) is 19.6 Å². The third-order valence-electron chi connectivity index (χ3n) is 4.01. The third kappa shape index (κ3) is 4.78. The quantitative estimate of drug-likeness (QED) is 0.472. The first kappa shape index (κ1) is 17.0. The number of carboxylic acid groups (broad SMARTS) is 1. The molecule has 0 aromatic carbocycles. The number of nitrogens with zero attached hydrogens (tertiary/aromatic N) is 2. The summed E-state index contributed by atoms with van der Waals surface area (Å²) < 4.78 is 2.14. The second kappa shape index (κ2) is 8.95. The van der Waals surface area contributed by atoms with Crippen LogP contribution in [0.25, 0.3) is 0 Å². The van der Waals surface area contributed by atoms with Crippen LogP contribution in [-0.4, -0.2) is 63.8 Å². The zero-order valence-corrected chi connectivity index (χ0v) is 12.8. The second-order valence-electron chi connectivity index (χ2n) is 5.50. The van der Waals surface area contributed by atoms with Gasteiger partial charge in [0.15, 0.2) is 6.04 Å². The first-order chi connectivity index (χ1) is 9.61. The summed E-state index contributed by atoms with van der Waals surface area (Å²) in [5, 5.41) is 18.3. The van der Waals surface area contributed by atoms with Gasteiger partial charge in [0.25, 0.3) is 0 Å². The number of β-amino-alcohol motifs (C(OH)–C–C–N with tert-alkyl or cyclic N) is 1. The van der Waals surface area contributed by atoms with E-state index >= 15 is 0 Å².